The second-order valence-electron chi connectivity index (χ2n) is 7.28. The highest BCUT2D eigenvalue weighted by Gasteiger charge is 2.26. The molecule has 1 heterocycles. The molecule has 6 heteroatoms. The number of rotatable bonds is 8. The van der Waals surface area contributed by atoms with Gasteiger partial charge in [0.05, 0.1) is 0 Å². The van der Waals surface area contributed by atoms with Crippen LogP contribution in [-0.2, 0) is 8.85 Å². The van der Waals surface area contributed by atoms with Gasteiger partial charge in [0.2, 0.25) is 11.8 Å². The lowest BCUT2D eigenvalue weighted by atomic mass is 10.0. The summed E-state index contributed by atoms with van der Waals surface area (Å²) in [5, 5.41) is 10.8. The summed E-state index contributed by atoms with van der Waals surface area (Å²) in [6, 6.07) is 22.3. The van der Waals surface area contributed by atoms with Crippen molar-refractivity contribution in [3.8, 4) is 22.9 Å². The Morgan fingerprint density at radius 3 is 2.26 bits per heavy atom. The van der Waals surface area contributed by atoms with Gasteiger partial charge in [-0.25, -0.2) is 0 Å². The molecule has 0 amide bonds. The van der Waals surface area contributed by atoms with Crippen molar-refractivity contribution in [1.82, 2.24) is 10.2 Å². The zero-order chi connectivity index (χ0) is 21.7. The Morgan fingerprint density at radius 2 is 1.52 bits per heavy atom. The second kappa shape index (κ2) is 9.39. The van der Waals surface area contributed by atoms with Crippen LogP contribution in [-0.4, -0.2) is 32.0 Å². The van der Waals surface area contributed by atoms with Gasteiger partial charge in [-0.15, -0.1) is 10.2 Å². The van der Waals surface area contributed by atoms with Gasteiger partial charge in [0.25, 0.3) is 0 Å². The third-order valence-electron chi connectivity index (χ3n) is 5.04. The molecule has 0 bridgehead atoms. The topological polar surface area (TPSA) is 57.4 Å². The molecule has 0 saturated carbocycles. The molecule has 3 aromatic carbocycles. The predicted molar refractivity (Wildman–Crippen MR) is 127 cm³/mol. The molecular formula is C25H26N2O3Si. The first-order valence-electron chi connectivity index (χ1n) is 10.5. The largest absolute Gasteiger partial charge is 0.416 e. The van der Waals surface area contributed by atoms with Gasteiger partial charge in [0, 0.05) is 24.3 Å². The molecule has 0 fully saturated rings. The lowest BCUT2D eigenvalue weighted by Gasteiger charge is -2.22. The first kappa shape index (κ1) is 21.2. The zero-order valence-electron chi connectivity index (χ0n) is 18.0. The first-order chi connectivity index (χ1) is 15.1. The molecule has 4 rings (SSSR count). The van der Waals surface area contributed by atoms with Crippen molar-refractivity contribution in [3.05, 3.63) is 78.0 Å². The number of benzene rings is 3. The number of fused-ring (bicyclic) bond motifs is 1. The quantitative estimate of drug-likeness (QED) is 0.309. The van der Waals surface area contributed by atoms with Gasteiger partial charge in [-0.05, 0) is 60.6 Å². The predicted octanol–water partition coefficient (Wildman–Crippen LogP) is 6.25. The SMILES string of the molecule is CCO[Si](C)(C=Cc1ccc(-c2nnc(-c3cccc4ccccc34)o2)cc1)OCC. The zero-order valence-corrected chi connectivity index (χ0v) is 19.0. The first-order valence-corrected chi connectivity index (χ1v) is 12.9. The van der Waals surface area contributed by atoms with Crippen LogP contribution < -0.4 is 0 Å². The minimum atomic E-state index is -2.29. The van der Waals surface area contributed by atoms with Crippen LogP contribution in [0.1, 0.15) is 19.4 Å². The van der Waals surface area contributed by atoms with Gasteiger partial charge in [0.1, 0.15) is 0 Å². The molecule has 0 saturated heterocycles. The summed E-state index contributed by atoms with van der Waals surface area (Å²) in [4.78, 5) is 0. The van der Waals surface area contributed by atoms with E-state index in [1.165, 1.54) is 0 Å². The number of nitrogens with zero attached hydrogens (tertiary/aromatic N) is 2. The summed E-state index contributed by atoms with van der Waals surface area (Å²) < 4.78 is 17.7. The number of hydrogen-bond donors (Lipinski definition) is 0. The van der Waals surface area contributed by atoms with Gasteiger partial charge in [-0.2, -0.15) is 0 Å². The van der Waals surface area contributed by atoms with E-state index in [2.05, 4.69) is 46.7 Å². The monoisotopic (exact) mass is 430 g/mol. The van der Waals surface area contributed by atoms with Crippen molar-refractivity contribution in [1.29, 1.82) is 0 Å². The fourth-order valence-corrected chi connectivity index (χ4v) is 5.47. The van der Waals surface area contributed by atoms with Crippen LogP contribution in [0.25, 0.3) is 39.8 Å². The maximum Gasteiger partial charge on any atom is 0.361 e. The third-order valence-corrected chi connectivity index (χ3v) is 7.54. The van der Waals surface area contributed by atoms with E-state index in [-0.39, 0.29) is 0 Å². The van der Waals surface area contributed by atoms with E-state index < -0.39 is 8.56 Å². The standard InChI is InChI=1S/C25H26N2O3Si/c1-4-28-31(3,29-5-2)18-17-19-13-15-21(16-14-19)24-26-27-25(30-24)23-12-8-10-20-9-6-7-11-22(20)23/h6-18H,4-5H2,1-3H3. The normalized spacial score (nSPS) is 12.1. The average molecular weight is 431 g/mol. The van der Waals surface area contributed by atoms with Crippen LogP contribution in [0.3, 0.4) is 0 Å². The van der Waals surface area contributed by atoms with E-state index in [0.717, 1.165) is 27.5 Å². The molecule has 158 valence electrons. The van der Waals surface area contributed by atoms with Gasteiger partial charge in [-0.1, -0.05) is 54.6 Å². The molecule has 4 aromatic rings. The summed E-state index contributed by atoms with van der Waals surface area (Å²) in [6.07, 6.45) is 2.05. The van der Waals surface area contributed by atoms with E-state index in [0.29, 0.717) is 25.0 Å². The Kier molecular flexibility index (Phi) is 6.41. The Labute approximate surface area is 183 Å². The molecule has 0 spiro atoms. The summed E-state index contributed by atoms with van der Waals surface area (Å²) in [5.74, 6) is 1.02. The third kappa shape index (κ3) is 4.82. The van der Waals surface area contributed by atoms with Crippen LogP contribution >= 0.6 is 0 Å². The highest BCUT2D eigenvalue weighted by Crippen LogP contribution is 2.30. The van der Waals surface area contributed by atoms with E-state index in [9.17, 15) is 0 Å². The molecule has 0 aliphatic heterocycles. The molecule has 1 aromatic heterocycles. The Morgan fingerprint density at radius 1 is 0.839 bits per heavy atom. The van der Waals surface area contributed by atoms with Crippen molar-refractivity contribution in [3.63, 3.8) is 0 Å². The molecule has 31 heavy (non-hydrogen) atoms. The molecule has 0 radical (unpaired) electrons. The molecule has 0 aliphatic carbocycles. The lowest BCUT2D eigenvalue weighted by Crippen LogP contribution is -2.36. The second-order valence-corrected chi connectivity index (χ2v) is 10.2. The van der Waals surface area contributed by atoms with Crippen molar-refractivity contribution in [2.24, 2.45) is 0 Å². The van der Waals surface area contributed by atoms with Gasteiger partial charge in [0.15, 0.2) is 0 Å². The summed E-state index contributed by atoms with van der Waals surface area (Å²) >= 11 is 0. The van der Waals surface area contributed by atoms with Crippen LogP contribution in [0, 0.1) is 0 Å². The average Bonchev–Trinajstić information content (AvgIpc) is 3.28. The van der Waals surface area contributed by atoms with Gasteiger partial charge in [-0.3, -0.25) is 0 Å². The van der Waals surface area contributed by atoms with Crippen LogP contribution in [0.5, 0.6) is 0 Å². The highest BCUT2D eigenvalue weighted by molar-refractivity contribution is 6.72. The van der Waals surface area contributed by atoms with E-state index in [1.54, 1.807) is 0 Å². The van der Waals surface area contributed by atoms with E-state index in [1.807, 2.05) is 62.4 Å². The smallest absolute Gasteiger partial charge is 0.361 e. The maximum absolute atomic E-state index is 6.01. The Bertz CT molecular complexity index is 1170. The lowest BCUT2D eigenvalue weighted by molar-refractivity contribution is 0.201. The minimum absolute atomic E-state index is 0.501. The van der Waals surface area contributed by atoms with Crippen molar-refractivity contribution in [2.75, 3.05) is 13.2 Å². The highest BCUT2D eigenvalue weighted by atomic mass is 28.4. The van der Waals surface area contributed by atoms with Crippen molar-refractivity contribution in [2.45, 2.75) is 20.4 Å². The fourth-order valence-electron chi connectivity index (χ4n) is 3.56. The van der Waals surface area contributed by atoms with Crippen LogP contribution in [0.15, 0.2) is 76.8 Å². The molecule has 0 atom stereocenters. The summed E-state index contributed by atoms with van der Waals surface area (Å²) in [6.45, 7) is 7.32. The van der Waals surface area contributed by atoms with E-state index >= 15 is 0 Å². The van der Waals surface area contributed by atoms with Gasteiger partial charge >= 0.3 is 8.56 Å². The van der Waals surface area contributed by atoms with Crippen LogP contribution in [0.4, 0.5) is 0 Å². The Hall–Kier alpha value is -3.06. The Balaban J connectivity index is 1.55. The van der Waals surface area contributed by atoms with Gasteiger partial charge < -0.3 is 13.3 Å². The number of aromatic nitrogens is 2. The minimum Gasteiger partial charge on any atom is -0.416 e. The van der Waals surface area contributed by atoms with E-state index in [4.69, 9.17) is 13.3 Å². The molecule has 0 aliphatic rings. The molecular weight excluding hydrogens is 404 g/mol. The summed E-state index contributed by atoms with van der Waals surface area (Å²) in [7, 11) is -2.29. The molecule has 0 N–H and O–H groups in total. The maximum atomic E-state index is 6.01. The molecule has 0 unspecified atom stereocenters. The number of hydrogen-bond acceptors (Lipinski definition) is 5. The fraction of sp³-hybridized carbons (Fsp3) is 0.200. The van der Waals surface area contributed by atoms with Crippen molar-refractivity contribution >= 4 is 25.4 Å². The van der Waals surface area contributed by atoms with Crippen LogP contribution in [0.2, 0.25) is 6.55 Å². The van der Waals surface area contributed by atoms with Crippen molar-refractivity contribution < 1.29 is 13.3 Å². The summed E-state index contributed by atoms with van der Waals surface area (Å²) in [5.41, 5.74) is 4.95. The molecule has 5 nitrogen and oxygen atoms in total.